The number of aliphatic hydroxyl groups is 7. The summed E-state index contributed by atoms with van der Waals surface area (Å²) in [6.07, 6.45) is 11.3. The van der Waals surface area contributed by atoms with E-state index in [-0.39, 0.29) is 26.1 Å². The molecular weight excluding hydrogens is 744 g/mol. The Morgan fingerprint density at radius 2 is 1.11 bits per heavy atom. The van der Waals surface area contributed by atoms with E-state index in [0.29, 0.717) is 12.8 Å². The zero-order valence-electron chi connectivity index (χ0n) is 34.1. The molecule has 2 aliphatic rings. The van der Waals surface area contributed by atoms with Crippen LogP contribution in [-0.2, 0) is 38.0 Å². The Morgan fingerprint density at radius 3 is 1.74 bits per heavy atom. The monoisotopic (exact) mass is 816 g/mol. The second-order valence-electron chi connectivity index (χ2n) is 14.8. The van der Waals surface area contributed by atoms with Crippen molar-refractivity contribution in [2.24, 2.45) is 0 Å². The summed E-state index contributed by atoms with van der Waals surface area (Å²) >= 11 is 0. The maximum absolute atomic E-state index is 12.8. The van der Waals surface area contributed by atoms with Crippen LogP contribution in [0.15, 0.2) is 36.5 Å². The maximum Gasteiger partial charge on any atom is 0.306 e. The van der Waals surface area contributed by atoms with Crippen LogP contribution in [0.2, 0.25) is 0 Å². The van der Waals surface area contributed by atoms with Crippen molar-refractivity contribution in [2.75, 3.05) is 26.4 Å². The molecule has 2 fully saturated rings. The smallest absolute Gasteiger partial charge is 0.306 e. The van der Waals surface area contributed by atoms with Gasteiger partial charge >= 0.3 is 11.9 Å². The molecule has 11 atom stereocenters. The summed E-state index contributed by atoms with van der Waals surface area (Å²) in [6, 6.07) is 0. The second kappa shape index (κ2) is 30.7. The molecule has 0 aromatic rings. The summed E-state index contributed by atoms with van der Waals surface area (Å²) in [5.74, 6) is -0.961. The summed E-state index contributed by atoms with van der Waals surface area (Å²) in [7, 11) is 0. The minimum atomic E-state index is -1.76. The fourth-order valence-electron chi connectivity index (χ4n) is 6.35. The van der Waals surface area contributed by atoms with Crippen molar-refractivity contribution in [1.82, 2.24) is 0 Å². The summed E-state index contributed by atoms with van der Waals surface area (Å²) < 4.78 is 33.2. The molecular formula is C42H72O15. The molecule has 0 amide bonds. The van der Waals surface area contributed by atoms with E-state index in [2.05, 4.69) is 50.3 Å². The van der Waals surface area contributed by atoms with Gasteiger partial charge in [-0.15, -0.1) is 0 Å². The van der Waals surface area contributed by atoms with Gasteiger partial charge in [0.25, 0.3) is 0 Å². The van der Waals surface area contributed by atoms with Crippen molar-refractivity contribution in [3.8, 4) is 0 Å². The van der Waals surface area contributed by atoms with E-state index in [1.807, 2.05) is 0 Å². The zero-order valence-corrected chi connectivity index (χ0v) is 34.1. The number of rotatable bonds is 30. The van der Waals surface area contributed by atoms with Crippen LogP contribution >= 0.6 is 0 Å². The summed E-state index contributed by atoms with van der Waals surface area (Å²) in [6.45, 7) is 2.29. The molecule has 330 valence electrons. The number of carbonyl (C=O) groups is 2. The number of carbonyl (C=O) groups excluding carboxylic acids is 2. The molecule has 2 aliphatic heterocycles. The third-order valence-electron chi connectivity index (χ3n) is 9.88. The summed E-state index contributed by atoms with van der Waals surface area (Å²) in [5, 5.41) is 71.5. The number of ether oxygens (including phenoxy) is 6. The molecule has 0 saturated carbocycles. The minimum Gasteiger partial charge on any atom is -0.462 e. The highest BCUT2D eigenvalue weighted by molar-refractivity contribution is 5.70. The quantitative estimate of drug-likeness (QED) is 0.0313. The largest absolute Gasteiger partial charge is 0.462 e. The van der Waals surface area contributed by atoms with Gasteiger partial charge < -0.3 is 64.2 Å². The lowest BCUT2D eigenvalue weighted by Crippen LogP contribution is -2.61. The van der Waals surface area contributed by atoms with Crippen LogP contribution in [-0.4, -0.2) is 142 Å². The lowest BCUT2D eigenvalue weighted by molar-refractivity contribution is -0.332. The van der Waals surface area contributed by atoms with Gasteiger partial charge in [0, 0.05) is 12.8 Å². The zero-order chi connectivity index (χ0) is 41.8. The highest BCUT2D eigenvalue weighted by Crippen LogP contribution is 2.26. The fraction of sp³-hybridized carbons (Fsp3) is 0.810. The molecule has 57 heavy (non-hydrogen) atoms. The molecule has 0 aromatic heterocycles. The van der Waals surface area contributed by atoms with Gasteiger partial charge in [0.1, 0.15) is 55.4 Å². The van der Waals surface area contributed by atoms with Crippen LogP contribution in [0, 0.1) is 0 Å². The van der Waals surface area contributed by atoms with E-state index in [4.69, 9.17) is 28.4 Å². The van der Waals surface area contributed by atoms with Gasteiger partial charge in [0.2, 0.25) is 0 Å². The van der Waals surface area contributed by atoms with E-state index in [0.717, 1.165) is 83.5 Å². The van der Waals surface area contributed by atoms with Crippen molar-refractivity contribution in [3.63, 3.8) is 0 Å². The molecule has 2 rings (SSSR count). The van der Waals surface area contributed by atoms with E-state index >= 15 is 0 Å². The Labute approximate surface area is 338 Å². The van der Waals surface area contributed by atoms with Gasteiger partial charge in [-0.25, -0.2) is 0 Å². The normalized spacial score (nSPS) is 28.7. The van der Waals surface area contributed by atoms with Crippen molar-refractivity contribution < 1.29 is 73.8 Å². The lowest BCUT2D eigenvalue weighted by Gasteiger charge is -2.42. The predicted octanol–water partition coefficient (Wildman–Crippen LogP) is 3.42. The number of esters is 2. The molecule has 0 bridgehead atoms. The molecule has 0 aromatic carbocycles. The number of aliphatic hydroxyl groups excluding tert-OH is 7. The van der Waals surface area contributed by atoms with E-state index in [1.54, 1.807) is 0 Å². The standard InChI is InChI=1S/C42H72O15/c1-3-5-7-9-10-11-12-13-14-15-16-17-18-19-20-21-23-25-34(45)55-30(27-52-33(44)24-22-8-6-4-2)28-53-41-40(51)38(49)36(47)32(57-41)29-54-42-39(50)37(48)35(46)31(26-43)56-42/h5,7,10-11,13-14,30-32,35-43,46-51H,3-4,6,8-9,12,15-29H2,1-2H3/b7-5-,11-10-,14-13-. The highest BCUT2D eigenvalue weighted by atomic mass is 16.7. The molecule has 2 heterocycles. The minimum absolute atomic E-state index is 0.153. The molecule has 0 radical (unpaired) electrons. The first-order valence-electron chi connectivity index (χ1n) is 21.1. The van der Waals surface area contributed by atoms with E-state index in [1.165, 1.54) is 0 Å². The van der Waals surface area contributed by atoms with E-state index < -0.39 is 92.7 Å². The molecule has 11 unspecified atom stereocenters. The number of unbranched alkanes of at least 4 members (excludes halogenated alkanes) is 10. The Hall–Kier alpha value is -2.28. The number of hydrogen-bond acceptors (Lipinski definition) is 15. The lowest BCUT2D eigenvalue weighted by atomic mass is 9.98. The van der Waals surface area contributed by atoms with Gasteiger partial charge in [-0.2, -0.15) is 0 Å². The first-order chi connectivity index (χ1) is 27.5. The summed E-state index contributed by atoms with van der Waals surface area (Å²) in [4.78, 5) is 25.2. The molecule has 0 spiro atoms. The SMILES string of the molecule is CC/C=C\C/C=C\C/C=C\CCCCCCCCCC(=O)OC(COC(=O)CCCCCC)COC1OC(COC2OC(CO)C(O)C(O)C2O)C(O)C(O)C1O. The van der Waals surface area contributed by atoms with Gasteiger partial charge in [0.15, 0.2) is 18.7 Å². The summed E-state index contributed by atoms with van der Waals surface area (Å²) in [5.41, 5.74) is 0. The fourth-order valence-corrected chi connectivity index (χ4v) is 6.35. The number of hydrogen-bond donors (Lipinski definition) is 7. The average Bonchev–Trinajstić information content (AvgIpc) is 3.20. The third-order valence-corrected chi connectivity index (χ3v) is 9.88. The van der Waals surface area contributed by atoms with Crippen LogP contribution in [0.3, 0.4) is 0 Å². The second-order valence-corrected chi connectivity index (χ2v) is 14.8. The van der Waals surface area contributed by atoms with Gasteiger partial charge in [-0.05, 0) is 44.9 Å². The van der Waals surface area contributed by atoms with Gasteiger partial charge in [-0.1, -0.05) is 102 Å². The molecule has 15 nitrogen and oxygen atoms in total. The Balaban J connectivity index is 1.81. The average molecular weight is 817 g/mol. The first kappa shape index (κ1) is 50.9. The molecule has 15 heteroatoms. The highest BCUT2D eigenvalue weighted by Gasteiger charge is 2.47. The Morgan fingerprint density at radius 1 is 0.579 bits per heavy atom. The van der Waals surface area contributed by atoms with Crippen LogP contribution < -0.4 is 0 Å². The third kappa shape index (κ3) is 20.5. The molecule has 0 aliphatic carbocycles. The van der Waals surface area contributed by atoms with Crippen LogP contribution in [0.25, 0.3) is 0 Å². The van der Waals surface area contributed by atoms with E-state index in [9.17, 15) is 45.3 Å². The Bertz CT molecular complexity index is 1150. The predicted molar refractivity (Wildman–Crippen MR) is 210 cm³/mol. The molecule has 2 saturated heterocycles. The molecule has 7 N–H and O–H groups in total. The van der Waals surface area contributed by atoms with Crippen LogP contribution in [0.1, 0.15) is 123 Å². The van der Waals surface area contributed by atoms with Gasteiger partial charge in [0.05, 0.1) is 19.8 Å². The first-order valence-corrected chi connectivity index (χ1v) is 21.1. The van der Waals surface area contributed by atoms with Crippen molar-refractivity contribution in [1.29, 1.82) is 0 Å². The maximum atomic E-state index is 12.8. The number of allylic oxidation sites excluding steroid dienone is 6. The van der Waals surface area contributed by atoms with Crippen molar-refractivity contribution in [3.05, 3.63) is 36.5 Å². The van der Waals surface area contributed by atoms with Crippen LogP contribution in [0.4, 0.5) is 0 Å². The van der Waals surface area contributed by atoms with Crippen molar-refractivity contribution >= 4 is 11.9 Å². The van der Waals surface area contributed by atoms with Gasteiger partial charge in [-0.3, -0.25) is 9.59 Å². The topological polar surface area (TPSA) is 231 Å². The Kier molecular flexibility index (Phi) is 27.4. The van der Waals surface area contributed by atoms with Crippen LogP contribution in [0.5, 0.6) is 0 Å². The van der Waals surface area contributed by atoms with Crippen molar-refractivity contribution in [2.45, 2.75) is 191 Å².